The normalized spacial score (nSPS) is 13.2. The van der Waals surface area contributed by atoms with Gasteiger partial charge in [0, 0.05) is 40.2 Å². The average Bonchev–Trinajstić information content (AvgIpc) is 2.90. The predicted octanol–water partition coefficient (Wildman–Crippen LogP) is 6.36. The fourth-order valence-electron chi connectivity index (χ4n) is 5.79. The lowest BCUT2D eigenvalue weighted by Crippen LogP contribution is -2.61. The zero-order chi connectivity index (χ0) is 24.4. The van der Waals surface area contributed by atoms with Gasteiger partial charge in [0.25, 0.3) is 6.71 Å². The Hall–Kier alpha value is -4.38. The molecule has 5 aromatic carbocycles. The van der Waals surface area contributed by atoms with Crippen molar-refractivity contribution in [1.29, 1.82) is 0 Å². The highest BCUT2D eigenvalue weighted by molar-refractivity contribution is 7.00. The first kappa shape index (κ1) is 21.0. The van der Waals surface area contributed by atoms with Crippen LogP contribution in [0.1, 0.15) is 5.56 Å². The summed E-state index contributed by atoms with van der Waals surface area (Å²) in [4.78, 5) is 4.35. The maximum Gasteiger partial charge on any atom is 0.252 e. The Labute approximate surface area is 209 Å². The summed E-state index contributed by atoms with van der Waals surface area (Å²) >= 11 is 0. The summed E-state index contributed by atoms with van der Waals surface area (Å²) in [5, 5.41) is 0. The molecule has 0 fully saturated rings. The van der Waals surface area contributed by atoms with Gasteiger partial charge in [0.2, 0.25) is 0 Å². The number of halogens is 2. The van der Waals surface area contributed by atoms with Crippen LogP contribution < -0.4 is 26.2 Å². The number of hydrogen-bond donors (Lipinski definition) is 0. The maximum atomic E-state index is 14.8. The van der Waals surface area contributed by atoms with Crippen LogP contribution in [0.5, 0.6) is 0 Å². The van der Waals surface area contributed by atoms with Gasteiger partial charge in [-0.3, -0.25) is 0 Å². The third kappa shape index (κ3) is 2.96. The average molecular weight is 470 g/mol. The topological polar surface area (TPSA) is 6.48 Å². The molecular formula is C31H21BF2N2. The number of fused-ring (bicyclic) bond motifs is 4. The fraction of sp³-hybridized carbons (Fsp3) is 0.0323. The van der Waals surface area contributed by atoms with E-state index in [1.165, 1.54) is 12.1 Å². The van der Waals surface area contributed by atoms with Crippen LogP contribution in [0, 0.1) is 18.6 Å². The summed E-state index contributed by atoms with van der Waals surface area (Å²) < 4.78 is 29.6. The monoisotopic (exact) mass is 470 g/mol. The van der Waals surface area contributed by atoms with Gasteiger partial charge in [-0.2, -0.15) is 0 Å². The van der Waals surface area contributed by atoms with Crippen molar-refractivity contribution < 1.29 is 8.78 Å². The van der Waals surface area contributed by atoms with Crippen LogP contribution >= 0.6 is 0 Å². The molecule has 0 atom stereocenters. The van der Waals surface area contributed by atoms with Gasteiger partial charge in [0.1, 0.15) is 0 Å². The molecule has 0 amide bonds. The first-order valence-electron chi connectivity index (χ1n) is 12.0. The summed E-state index contributed by atoms with van der Waals surface area (Å²) in [7, 11) is 0. The summed E-state index contributed by atoms with van der Waals surface area (Å²) in [6.07, 6.45) is 0. The van der Waals surface area contributed by atoms with Crippen molar-refractivity contribution in [2.24, 2.45) is 0 Å². The first-order chi connectivity index (χ1) is 17.6. The van der Waals surface area contributed by atoms with E-state index in [0.717, 1.165) is 50.4 Å². The number of benzene rings is 5. The van der Waals surface area contributed by atoms with Gasteiger partial charge in [0.15, 0.2) is 11.6 Å². The minimum absolute atomic E-state index is 0.225. The molecule has 0 spiro atoms. The molecule has 0 saturated heterocycles. The molecule has 0 unspecified atom stereocenters. The van der Waals surface area contributed by atoms with Crippen molar-refractivity contribution in [2.75, 3.05) is 9.80 Å². The largest absolute Gasteiger partial charge is 0.311 e. The molecule has 2 aliphatic rings. The number of rotatable bonds is 2. The maximum absolute atomic E-state index is 14.8. The molecule has 0 aliphatic carbocycles. The van der Waals surface area contributed by atoms with Gasteiger partial charge in [-0.15, -0.1) is 0 Å². The quantitative estimate of drug-likeness (QED) is 0.272. The van der Waals surface area contributed by atoms with E-state index in [0.29, 0.717) is 5.69 Å². The zero-order valence-electron chi connectivity index (χ0n) is 19.6. The van der Waals surface area contributed by atoms with E-state index in [-0.39, 0.29) is 6.71 Å². The van der Waals surface area contributed by atoms with Crippen LogP contribution in [-0.2, 0) is 0 Å². The molecule has 5 aromatic rings. The summed E-state index contributed by atoms with van der Waals surface area (Å²) in [6, 6.07) is 35.5. The molecule has 2 heterocycles. The first-order valence-corrected chi connectivity index (χ1v) is 12.0. The Morgan fingerprint density at radius 2 is 1.06 bits per heavy atom. The van der Waals surface area contributed by atoms with Gasteiger partial charge in [-0.25, -0.2) is 8.78 Å². The van der Waals surface area contributed by atoms with E-state index in [4.69, 9.17) is 0 Å². The van der Waals surface area contributed by atoms with Crippen molar-refractivity contribution >= 4 is 57.2 Å². The minimum Gasteiger partial charge on any atom is -0.311 e. The van der Waals surface area contributed by atoms with E-state index >= 15 is 0 Å². The molecule has 172 valence electrons. The molecule has 5 heteroatoms. The van der Waals surface area contributed by atoms with E-state index in [2.05, 4.69) is 53.1 Å². The Balaban J connectivity index is 1.62. The summed E-state index contributed by atoms with van der Waals surface area (Å²) in [5.41, 5.74) is 9.71. The second-order valence-electron chi connectivity index (χ2n) is 9.38. The van der Waals surface area contributed by atoms with E-state index < -0.39 is 11.6 Å². The highest BCUT2D eigenvalue weighted by Crippen LogP contribution is 2.44. The van der Waals surface area contributed by atoms with Crippen molar-refractivity contribution in [2.45, 2.75) is 6.92 Å². The molecular weight excluding hydrogens is 449 g/mol. The number of para-hydroxylation sites is 3. The van der Waals surface area contributed by atoms with Crippen LogP contribution in [0.15, 0.2) is 109 Å². The lowest BCUT2D eigenvalue weighted by atomic mass is 9.33. The lowest BCUT2D eigenvalue weighted by molar-refractivity contribution is 0.509. The zero-order valence-corrected chi connectivity index (χ0v) is 19.6. The van der Waals surface area contributed by atoms with Crippen molar-refractivity contribution in [3.05, 3.63) is 126 Å². The van der Waals surface area contributed by atoms with E-state index in [1.807, 2.05) is 60.7 Å². The third-order valence-electron chi connectivity index (χ3n) is 7.19. The van der Waals surface area contributed by atoms with Gasteiger partial charge >= 0.3 is 0 Å². The third-order valence-corrected chi connectivity index (χ3v) is 7.19. The SMILES string of the molecule is Cc1cc2c3c(c1)N(c1ccccc1)c1cc(F)c(F)cc1B3c1ccccc1N2c1ccccc1. The molecule has 36 heavy (non-hydrogen) atoms. The molecule has 0 saturated carbocycles. The second kappa shape index (κ2) is 7.82. The van der Waals surface area contributed by atoms with E-state index in [9.17, 15) is 8.78 Å². The van der Waals surface area contributed by atoms with Gasteiger partial charge in [-0.05, 0) is 77.4 Å². The standard InChI is InChI=1S/C31H21BF2N2/c1-20-16-29-31-30(17-20)36(22-12-6-3-7-13-22)28-19-26(34)25(33)18-24(28)32(31)23-14-8-9-15-27(23)35(29)21-10-4-2-5-11-21/h2-19H,1H3. The van der Waals surface area contributed by atoms with Crippen LogP contribution in [-0.4, -0.2) is 6.71 Å². The lowest BCUT2D eigenvalue weighted by Gasteiger charge is -2.44. The summed E-state index contributed by atoms with van der Waals surface area (Å²) in [5.74, 6) is -1.68. The Kier molecular flexibility index (Phi) is 4.55. The Morgan fingerprint density at radius 1 is 0.528 bits per heavy atom. The highest BCUT2D eigenvalue weighted by Gasteiger charge is 2.43. The number of nitrogens with zero attached hydrogens (tertiary/aromatic N) is 2. The van der Waals surface area contributed by atoms with Gasteiger partial charge < -0.3 is 9.80 Å². The van der Waals surface area contributed by atoms with Crippen molar-refractivity contribution in [3.8, 4) is 0 Å². The van der Waals surface area contributed by atoms with Crippen LogP contribution in [0.2, 0.25) is 0 Å². The highest BCUT2D eigenvalue weighted by atomic mass is 19.2. The summed E-state index contributed by atoms with van der Waals surface area (Å²) in [6.45, 7) is 1.86. The Bertz CT molecular complexity index is 1640. The molecule has 0 N–H and O–H groups in total. The van der Waals surface area contributed by atoms with E-state index in [1.54, 1.807) is 0 Å². The van der Waals surface area contributed by atoms with Crippen molar-refractivity contribution in [3.63, 3.8) is 0 Å². The molecule has 2 aliphatic heterocycles. The number of hydrogen-bond acceptors (Lipinski definition) is 2. The fourth-order valence-corrected chi connectivity index (χ4v) is 5.79. The van der Waals surface area contributed by atoms with Gasteiger partial charge in [0.05, 0.1) is 0 Å². The predicted molar refractivity (Wildman–Crippen MR) is 145 cm³/mol. The minimum atomic E-state index is -0.846. The number of aryl methyl sites for hydroxylation is 1. The Morgan fingerprint density at radius 3 is 1.69 bits per heavy atom. The van der Waals surface area contributed by atoms with Crippen molar-refractivity contribution in [1.82, 2.24) is 0 Å². The van der Waals surface area contributed by atoms with Gasteiger partial charge in [-0.1, -0.05) is 54.6 Å². The van der Waals surface area contributed by atoms with Crippen LogP contribution in [0.3, 0.4) is 0 Å². The molecule has 2 nitrogen and oxygen atoms in total. The smallest absolute Gasteiger partial charge is 0.252 e. The molecule has 0 bridgehead atoms. The van der Waals surface area contributed by atoms with Crippen LogP contribution in [0.4, 0.5) is 42.9 Å². The molecule has 0 aromatic heterocycles. The second-order valence-corrected chi connectivity index (χ2v) is 9.38. The molecule has 7 rings (SSSR count). The molecule has 0 radical (unpaired) electrons. The number of anilines is 6. The van der Waals surface area contributed by atoms with Crippen LogP contribution in [0.25, 0.3) is 0 Å².